The summed E-state index contributed by atoms with van der Waals surface area (Å²) < 4.78 is 0. The molecule has 90 valence electrons. The van der Waals surface area contributed by atoms with Crippen LogP contribution in [-0.2, 0) is 4.79 Å². The smallest absolute Gasteiger partial charge is 0.187 e. The maximum absolute atomic E-state index is 11.7. The minimum atomic E-state index is -0.888. The molecule has 0 aliphatic heterocycles. The van der Waals surface area contributed by atoms with Gasteiger partial charge in [0.25, 0.3) is 0 Å². The molecule has 0 bridgehead atoms. The van der Waals surface area contributed by atoms with Gasteiger partial charge in [0.15, 0.2) is 5.78 Å². The molecule has 0 amide bonds. The van der Waals surface area contributed by atoms with Gasteiger partial charge in [-0.1, -0.05) is 19.9 Å². The van der Waals surface area contributed by atoms with Gasteiger partial charge in [-0.2, -0.15) is 0 Å². The van der Waals surface area contributed by atoms with Gasteiger partial charge >= 0.3 is 0 Å². The predicted octanol–water partition coefficient (Wildman–Crippen LogP) is 1.60. The van der Waals surface area contributed by atoms with Crippen LogP contribution in [0.3, 0.4) is 0 Å². The van der Waals surface area contributed by atoms with E-state index in [1.54, 1.807) is 13.0 Å². The first-order valence-electron chi connectivity index (χ1n) is 5.53. The van der Waals surface area contributed by atoms with E-state index in [1.165, 1.54) is 0 Å². The average molecular weight is 224 g/mol. The van der Waals surface area contributed by atoms with E-state index in [4.69, 9.17) is 5.11 Å². The average Bonchev–Trinajstić information content (AvgIpc) is 2.13. The summed E-state index contributed by atoms with van der Waals surface area (Å²) in [6, 6.07) is 0. The van der Waals surface area contributed by atoms with Crippen LogP contribution in [0.5, 0.6) is 0 Å². The van der Waals surface area contributed by atoms with E-state index in [0.29, 0.717) is 12.0 Å². The number of aliphatic hydroxyl groups is 2. The van der Waals surface area contributed by atoms with Crippen LogP contribution in [-0.4, -0.2) is 28.7 Å². The van der Waals surface area contributed by atoms with Crippen molar-refractivity contribution in [1.82, 2.24) is 0 Å². The SMILES string of the molecule is CC1=C(/C(C)=C/CO)C(C)(C)CC(O)C1=O. The van der Waals surface area contributed by atoms with E-state index in [1.807, 2.05) is 20.8 Å². The minimum Gasteiger partial charge on any atom is -0.392 e. The molecule has 1 atom stereocenters. The molecular formula is C13H20O3. The van der Waals surface area contributed by atoms with Crippen molar-refractivity contribution < 1.29 is 15.0 Å². The molecule has 1 rings (SSSR count). The number of aliphatic hydroxyl groups excluding tert-OH is 2. The highest BCUT2D eigenvalue weighted by atomic mass is 16.3. The normalized spacial score (nSPS) is 26.2. The molecule has 1 aliphatic rings. The summed E-state index contributed by atoms with van der Waals surface area (Å²) in [5.41, 5.74) is 2.26. The number of Topliss-reactive ketones (excluding diaryl/α,β-unsaturated/α-hetero) is 1. The molecule has 0 saturated heterocycles. The number of allylic oxidation sites excluding steroid dienone is 2. The highest BCUT2D eigenvalue weighted by Crippen LogP contribution is 2.42. The van der Waals surface area contributed by atoms with Gasteiger partial charge < -0.3 is 10.2 Å². The maximum atomic E-state index is 11.7. The van der Waals surface area contributed by atoms with Gasteiger partial charge in [-0.15, -0.1) is 0 Å². The molecule has 0 aromatic rings. The van der Waals surface area contributed by atoms with Crippen LogP contribution in [0, 0.1) is 5.41 Å². The van der Waals surface area contributed by atoms with Gasteiger partial charge in [0.05, 0.1) is 6.61 Å². The van der Waals surface area contributed by atoms with Crippen molar-refractivity contribution in [3.05, 3.63) is 22.8 Å². The topological polar surface area (TPSA) is 57.5 Å². The van der Waals surface area contributed by atoms with Crippen LogP contribution < -0.4 is 0 Å². The molecule has 0 fully saturated rings. The van der Waals surface area contributed by atoms with Crippen molar-refractivity contribution >= 4 is 5.78 Å². The third-order valence-electron chi connectivity index (χ3n) is 3.22. The Morgan fingerprint density at radius 3 is 2.62 bits per heavy atom. The standard InChI is InChI=1S/C13H20O3/c1-8(5-6-14)11-9(2)12(16)10(15)7-13(11,3)4/h5,10,14-15H,6-7H2,1-4H3/b8-5+. The summed E-state index contributed by atoms with van der Waals surface area (Å²) in [4.78, 5) is 11.7. The molecule has 0 aromatic heterocycles. The molecule has 3 nitrogen and oxygen atoms in total. The van der Waals surface area contributed by atoms with Crippen molar-refractivity contribution in [3.8, 4) is 0 Å². The Balaban J connectivity index is 3.30. The van der Waals surface area contributed by atoms with Gasteiger partial charge in [-0.25, -0.2) is 0 Å². The third kappa shape index (κ3) is 2.25. The first-order chi connectivity index (χ1) is 7.31. The van der Waals surface area contributed by atoms with Gasteiger partial charge in [-0.05, 0) is 42.4 Å². The monoisotopic (exact) mass is 224 g/mol. The Morgan fingerprint density at radius 2 is 2.12 bits per heavy atom. The fourth-order valence-electron chi connectivity index (χ4n) is 2.63. The molecule has 1 unspecified atom stereocenters. The minimum absolute atomic E-state index is 0.0323. The van der Waals surface area contributed by atoms with Gasteiger partial charge in [-0.3, -0.25) is 4.79 Å². The van der Waals surface area contributed by atoms with Gasteiger partial charge in [0.1, 0.15) is 6.10 Å². The van der Waals surface area contributed by atoms with E-state index in [-0.39, 0.29) is 17.8 Å². The number of hydrogen-bond acceptors (Lipinski definition) is 3. The third-order valence-corrected chi connectivity index (χ3v) is 3.22. The molecule has 0 heterocycles. The number of carbonyl (C=O) groups excluding carboxylic acids is 1. The zero-order valence-electron chi connectivity index (χ0n) is 10.4. The molecule has 0 spiro atoms. The Hall–Kier alpha value is -0.930. The number of hydrogen-bond donors (Lipinski definition) is 2. The second-order valence-electron chi connectivity index (χ2n) is 5.04. The lowest BCUT2D eigenvalue weighted by Gasteiger charge is -2.36. The Labute approximate surface area is 96.5 Å². The molecule has 0 saturated carbocycles. The van der Waals surface area contributed by atoms with Crippen LogP contribution in [0.4, 0.5) is 0 Å². The van der Waals surface area contributed by atoms with Crippen LogP contribution >= 0.6 is 0 Å². The molecule has 0 radical (unpaired) electrons. The molecule has 0 aromatic carbocycles. The Bertz CT molecular complexity index is 361. The maximum Gasteiger partial charge on any atom is 0.187 e. The quantitative estimate of drug-likeness (QED) is 0.749. The summed E-state index contributed by atoms with van der Waals surface area (Å²) in [7, 11) is 0. The summed E-state index contributed by atoms with van der Waals surface area (Å²) in [5.74, 6) is -0.194. The van der Waals surface area contributed by atoms with E-state index in [9.17, 15) is 9.90 Å². The first kappa shape index (κ1) is 13.1. The second-order valence-corrected chi connectivity index (χ2v) is 5.04. The van der Waals surface area contributed by atoms with Gasteiger partial charge in [0.2, 0.25) is 0 Å². The molecule has 1 aliphatic carbocycles. The second kappa shape index (κ2) is 4.52. The fourth-order valence-corrected chi connectivity index (χ4v) is 2.63. The highest BCUT2D eigenvalue weighted by Gasteiger charge is 2.38. The zero-order valence-corrected chi connectivity index (χ0v) is 10.4. The summed E-state index contributed by atoms with van der Waals surface area (Å²) in [5, 5.41) is 18.6. The van der Waals surface area contributed by atoms with Crippen LogP contribution in [0.2, 0.25) is 0 Å². The van der Waals surface area contributed by atoms with E-state index < -0.39 is 6.10 Å². The van der Waals surface area contributed by atoms with Crippen molar-refractivity contribution in [2.24, 2.45) is 5.41 Å². The van der Waals surface area contributed by atoms with Crippen molar-refractivity contribution in [2.75, 3.05) is 6.61 Å². The molecule has 2 N–H and O–H groups in total. The van der Waals surface area contributed by atoms with E-state index in [0.717, 1.165) is 11.1 Å². The lowest BCUT2D eigenvalue weighted by atomic mass is 9.69. The number of carbonyl (C=O) groups is 1. The highest BCUT2D eigenvalue weighted by molar-refractivity contribution is 6.00. The predicted molar refractivity (Wildman–Crippen MR) is 63.0 cm³/mol. The molecule has 16 heavy (non-hydrogen) atoms. The van der Waals surface area contributed by atoms with E-state index >= 15 is 0 Å². The van der Waals surface area contributed by atoms with Crippen molar-refractivity contribution in [1.29, 1.82) is 0 Å². The van der Waals surface area contributed by atoms with Gasteiger partial charge in [0, 0.05) is 0 Å². The summed E-state index contributed by atoms with van der Waals surface area (Å²) >= 11 is 0. The Morgan fingerprint density at radius 1 is 1.56 bits per heavy atom. The van der Waals surface area contributed by atoms with Crippen molar-refractivity contribution in [2.45, 2.75) is 40.2 Å². The van der Waals surface area contributed by atoms with Crippen LogP contribution in [0.25, 0.3) is 0 Å². The van der Waals surface area contributed by atoms with E-state index in [2.05, 4.69) is 0 Å². The molecule has 3 heteroatoms. The molecular weight excluding hydrogens is 204 g/mol. The summed E-state index contributed by atoms with van der Waals surface area (Å²) in [6.45, 7) is 7.63. The number of ketones is 1. The van der Waals surface area contributed by atoms with Crippen LogP contribution in [0.15, 0.2) is 22.8 Å². The summed E-state index contributed by atoms with van der Waals surface area (Å²) in [6.07, 6.45) is 1.25. The zero-order chi connectivity index (χ0) is 12.5. The number of rotatable bonds is 2. The fraction of sp³-hybridized carbons (Fsp3) is 0.615. The largest absolute Gasteiger partial charge is 0.392 e. The lowest BCUT2D eigenvalue weighted by Crippen LogP contribution is -2.36. The first-order valence-corrected chi connectivity index (χ1v) is 5.53. The van der Waals surface area contributed by atoms with Crippen LogP contribution in [0.1, 0.15) is 34.1 Å². The Kier molecular flexibility index (Phi) is 3.71. The lowest BCUT2D eigenvalue weighted by molar-refractivity contribution is -0.125. The van der Waals surface area contributed by atoms with Crippen molar-refractivity contribution in [3.63, 3.8) is 0 Å².